The van der Waals surface area contributed by atoms with Crippen LogP contribution in [0.4, 0.5) is 15.5 Å². The van der Waals surface area contributed by atoms with Gasteiger partial charge in [0.1, 0.15) is 27.8 Å². The van der Waals surface area contributed by atoms with Crippen LogP contribution in [-0.2, 0) is 32.0 Å². The van der Waals surface area contributed by atoms with E-state index in [0.29, 0.717) is 51.2 Å². The molecule has 0 saturated heterocycles. The minimum absolute atomic E-state index is 0.0395. The number of ether oxygens (including phenoxy) is 4. The van der Waals surface area contributed by atoms with Gasteiger partial charge in [0.2, 0.25) is 5.91 Å². The van der Waals surface area contributed by atoms with E-state index in [2.05, 4.69) is 16.0 Å². The Morgan fingerprint density at radius 1 is 0.911 bits per heavy atom. The number of thiophene rings is 1. The third-order valence-electron chi connectivity index (χ3n) is 8.38. The van der Waals surface area contributed by atoms with Crippen LogP contribution in [0.25, 0.3) is 6.08 Å². The third-order valence-corrected chi connectivity index (χ3v) is 10.6. The molecule has 0 spiro atoms. The molecule has 1 aliphatic rings. The second-order valence-corrected chi connectivity index (χ2v) is 16.1. The molecule has 0 saturated carbocycles. The quantitative estimate of drug-likeness (QED) is 0.0750. The van der Waals surface area contributed by atoms with E-state index in [1.807, 2.05) is 0 Å². The number of nitrogens with one attached hydrogen (secondary N) is 3. The van der Waals surface area contributed by atoms with E-state index in [-0.39, 0.29) is 23.7 Å². The SMILES string of the molecule is COC(=O)c1c(NC(=O)C(C)Sc2cccc(NC(=O)/C(=C\c3ccc(OC)cc3OC)NC(=O)c3ccccc3)c2)sc2c1CCN(C(=O)OC(C)(C)C)C2. The molecule has 4 amide bonds. The Balaban J connectivity index is 1.31. The zero-order valence-corrected chi connectivity index (χ0v) is 33.8. The van der Waals surface area contributed by atoms with Crippen molar-refractivity contribution in [2.75, 3.05) is 38.5 Å². The van der Waals surface area contributed by atoms with Crippen LogP contribution in [0.1, 0.15) is 64.4 Å². The lowest BCUT2D eigenvalue weighted by atomic mass is 10.0. The Kier molecular flexibility index (Phi) is 13.5. The highest BCUT2D eigenvalue weighted by molar-refractivity contribution is 8.00. The zero-order valence-electron chi connectivity index (χ0n) is 32.1. The molecule has 3 N–H and O–H groups in total. The summed E-state index contributed by atoms with van der Waals surface area (Å²) in [6, 6.07) is 20.5. The van der Waals surface area contributed by atoms with Crippen LogP contribution in [0.5, 0.6) is 11.5 Å². The lowest BCUT2D eigenvalue weighted by molar-refractivity contribution is -0.115. The van der Waals surface area contributed by atoms with Gasteiger partial charge in [0.05, 0.1) is 38.7 Å². The average molecular weight is 801 g/mol. The van der Waals surface area contributed by atoms with Crippen LogP contribution in [-0.4, -0.2) is 73.4 Å². The van der Waals surface area contributed by atoms with Crippen molar-refractivity contribution in [1.82, 2.24) is 10.2 Å². The van der Waals surface area contributed by atoms with Crippen LogP contribution in [0.15, 0.2) is 83.4 Å². The first-order valence-corrected chi connectivity index (χ1v) is 19.3. The Morgan fingerprint density at radius 3 is 2.34 bits per heavy atom. The number of nitrogens with zero attached hydrogens (tertiary/aromatic N) is 1. The second-order valence-electron chi connectivity index (χ2n) is 13.6. The number of thioether (sulfide) groups is 1. The Bertz CT molecular complexity index is 2140. The van der Waals surface area contributed by atoms with Gasteiger partial charge in [-0.3, -0.25) is 14.4 Å². The van der Waals surface area contributed by atoms with Gasteiger partial charge >= 0.3 is 12.1 Å². The number of rotatable bonds is 12. The third kappa shape index (κ3) is 10.5. The molecular weight excluding hydrogens is 757 g/mol. The van der Waals surface area contributed by atoms with Crippen molar-refractivity contribution in [1.29, 1.82) is 0 Å². The lowest BCUT2D eigenvalue weighted by Crippen LogP contribution is -2.39. The van der Waals surface area contributed by atoms with Gasteiger partial charge in [-0.05, 0) is 88.2 Å². The summed E-state index contributed by atoms with van der Waals surface area (Å²) in [5, 5.41) is 8.20. The number of benzene rings is 3. The van der Waals surface area contributed by atoms with Crippen LogP contribution in [0.3, 0.4) is 0 Å². The van der Waals surface area contributed by atoms with Gasteiger partial charge in [-0.2, -0.15) is 0 Å². The molecule has 15 heteroatoms. The number of hydrogen-bond donors (Lipinski definition) is 3. The van der Waals surface area contributed by atoms with Crippen molar-refractivity contribution in [3.8, 4) is 11.5 Å². The predicted molar refractivity (Wildman–Crippen MR) is 216 cm³/mol. The summed E-state index contributed by atoms with van der Waals surface area (Å²) in [7, 11) is 4.30. The van der Waals surface area contributed by atoms with Crippen molar-refractivity contribution < 1.29 is 42.9 Å². The van der Waals surface area contributed by atoms with Gasteiger partial charge in [-0.15, -0.1) is 23.1 Å². The summed E-state index contributed by atoms with van der Waals surface area (Å²) < 4.78 is 21.4. The number of carbonyl (C=O) groups excluding carboxylic acids is 5. The van der Waals surface area contributed by atoms with E-state index in [1.54, 1.807) is 105 Å². The van der Waals surface area contributed by atoms with Gasteiger partial charge in [-0.1, -0.05) is 24.3 Å². The smallest absolute Gasteiger partial charge is 0.410 e. The maximum Gasteiger partial charge on any atom is 0.410 e. The number of amides is 4. The van der Waals surface area contributed by atoms with E-state index in [9.17, 15) is 24.0 Å². The van der Waals surface area contributed by atoms with Crippen molar-refractivity contribution >= 4 is 69.6 Å². The molecule has 0 aliphatic carbocycles. The molecule has 1 aromatic heterocycles. The molecule has 5 rings (SSSR count). The van der Waals surface area contributed by atoms with Crippen LogP contribution in [0, 0.1) is 0 Å². The molecule has 0 fully saturated rings. The summed E-state index contributed by atoms with van der Waals surface area (Å²) in [4.78, 5) is 69.2. The first kappa shape index (κ1) is 41.4. The fourth-order valence-corrected chi connectivity index (χ4v) is 7.82. The van der Waals surface area contributed by atoms with E-state index < -0.39 is 34.7 Å². The summed E-state index contributed by atoms with van der Waals surface area (Å²) in [5.41, 5.74) is 1.63. The molecule has 0 radical (unpaired) electrons. The molecule has 3 aromatic carbocycles. The normalized spacial score (nSPS) is 13.1. The lowest BCUT2D eigenvalue weighted by Gasteiger charge is -2.30. The number of methoxy groups -OCH3 is 3. The standard InChI is InChI=1S/C41H44N4O9S2/c1-24(35(46)44-38-34(39(49)53-7)30-18-19-45(23-33(30)56-38)40(50)54-41(2,3)4)55-29-15-11-14-27(21-29)42-37(48)31(43-36(47)25-12-9-8-10-13-25)20-26-16-17-28(51-5)22-32(26)52-6/h8-17,20-22,24H,18-19,23H2,1-7H3,(H,42,48)(H,43,47)(H,44,46)/b31-20+. The van der Waals surface area contributed by atoms with Crippen LogP contribution < -0.4 is 25.4 Å². The predicted octanol–water partition coefficient (Wildman–Crippen LogP) is 7.37. The molecular formula is C41H44N4O9S2. The summed E-state index contributed by atoms with van der Waals surface area (Å²) in [6.45, 7) is 7.70. The van der Waals surface area contributed by atoms with Gasteiger partial charge in [0, 0.05) is 39.2 Å². The monoisotopic (exact) mass is 800 g/mol. The van der Waals surface area contributed by atoms with Crippen LogP contribution >= 0.6 is 23.1 Å². The van der Waals surface area contributed by atoms with Crippen molar-refractivity contribution in [3.63, 3.8) is 0 Å². The first-order chi connectivity index (χ1) is 26.7. The fourth-order valence-electron chi connectivity index (χ4n) is 5.64. The summed E-state index contributed by atoms with van der Waals surface area (Å²) in [6.07, 6.45) is 1.46. The molecule has 1 atom stereocenters. The van der Waals surface area contributed by atoms with E-state index >= 15 is 0 Å². The maximum absolute atomic E-state index is 13.8. The molecule has 1 unspecified atom stereocenters. The molecule has 56 heavy (non-hydrogen) atoms. The number of fused-ring (bicyclic) bond motifs is 1. The highest BCUT2D eigenvalue weighted by Gasteiger charge is 2.33. The minimum Gasteiger partial charge on any atom is -0.497 e. The first-order valence-electron chi connectivity index (χ1n) is 17.6. The molecule has 13 nitrogen and oxygen atoms in total. The largest absolute Gasteiger partial charge is 0.497 e. The molecule has 4 aromatic rings. The molecule has 2 heterocycles. The topological polar surface area (TPSA) is 162 Å². The zero-order chi connectivity index (χ0) is 40.6. The Morgan fingerprint density at radius 2 is 1.66 bits per heavy atom. The summed E-state index contributed by atoms with van der Waals surface area (Å²) >= 11 is 2.47. The number of anilines is 2. The van der Waals surface area contributed by atoms with Crippen LogP contribution in [0.2, 0.25) is 0 Å². The Labute approximate surface area is 333 Å². The number of hydrogen-bond acceptors (Lipinski definition) is 11. The number of carbonyl (C=O) groups is 5. The maximum atomic E-state index is 13.8. The molecule has 294 valence electrons. The minimum atomic E-state index is -0.658. The highest BCUT2D eigenvalue weighted by atomic mass is 32.2. The van der Waals surface area contributed by atoms with Gasteiger partial charge in [0.25, 0.3) is 11.8 Å². The van der Waals surface area contributed by atoms with Crippen molar-refractivity contribution in [2.45, 2.75) is 56.4 Å². The molecule has 0 bridgehead atoms. The van der Waals surface area contributed by atoms with E-state index in [4.69, 9.17) is 18.9 Å². The van der Waals surface area contributed by atoms with E-state index in [1.165, 1.54) is 50.5 Å². The average Bonchev–Trinajstić information content (AvgIpc) is 3.54. The Hall–Kier alpha value is -5.80. The van der Waals surface area contributed by atoms with Gasteiger partial charge < -0.3 is 39.8 Å². The fraction of sp³-hybridized carbons (Fsp3) is 0.293. The van der Waals surface area contributed by atoms with E-state index in [0.717, 1.165) is 10.4 Å². The molecule has 1 aliphatic heterocycles. The van der Waals surface area contributed by atoms with Crippen molar-refractivity contribution in [2.24, 2.45) is 0 Å². The highest BCUT2D eigenvalue weighted by Crippen LogP contribution is 2.39. The number of esters is 1. The second kappa shape index (κ2) is 18.2. The van der Waals surface area contributed by atoms with Gasteiger partial charge in [0.15, 0.2) is 0 Å². The summed E-state index contributed by atoms with van der Waals surface area (Å²) in [5.74, 6) is -1.03. The van der Waals surface area contributed by atoms with Crippen molar-refractivity contribution in [3.05, 3.63) is 106 Å². The van der Waals surface area contributed by atoms with Gasteiger partial charge in [-0.25, -0.2) is 9.59 Å².